The van der Waals surface area contributed by atoms with Crippen LogP contribution < -0.4 is 14.8 Å². The van der Waals surface area contributed by atoms with Crippen molar-refractivity contribution in [2.75, 3.05) is 25.1 Å². The summed E-state index contributed by atoms with van der Waals surface area (Å²) < 4.78 is 11.4. The predicted molar refractivity (Wildman–Crippen MR) is 133 cm³/mol. The first-order valence-electron chi connectivity index (χ1n) is 11.0. The number of fused-ring (bicyclic) bond motifs is 1. The first-order valence-corrected chi connectivity index (χ1v) is 11.9. The number of anilines is 1. The SMILES string of the molecule is CCOc1ccc(CCNc2ncnc3scc(-c4ccc(C)cc4C)c23)cc1OCC. The van der Waals surface area contributed by atoms with Crippen molar-refractivity contribution in [3.8, 4) is 22.6 Å². The number of aryl methyl sites for hydroxylation is 2. The van der Waals surface area contributed by atoms with Gasteiger partial charge in [0.15, 0.2) is 11.5 Å². The van der Waals surface area contributed by atoms with Crippen LogP contribution in [0.5, 0.6) is 11.5 Å². The number of thiophene rings is 1. The van der Waals surface area contributed by atoms with Gasteiger partial charge < -0.3 is 14.8 Å². The van der Waals surface area contributed by atoms with Crippen LogP contribution in [0.1, 0.15) is 30.5 Å². The third-order valence-corrected chi connectivity index (χ3v) is 6.24. The molecule has 2 aromatic heterocycles. The lowest BCUT2D eigenvalue weighted by Crippen LogP contribution is -2.07. The van der Waals surface area contributed by atoms with E-state index < -0.39 is 0 Å². The summed E-state index contributed by atoms with van der Waals surface area (Å²) in [5, 5.41) is 6.81. The molecule has 2 heterocycles. The maximum atomic E-state index is 5.76. The van der Waals surface area contributed by atoms with Crippen molar-refractivity contribution >= 4 is 27.4 Å². The highest BCUT2D eigenvalue weighted by Crippen LogP contribution is 2.38. The number of nitrogens with one attached hydrogen (secondary N) is 1. The van der Waals surface area contributed by atoms with Crippen LogP contribution in [0.15, 0.2) is 48.1 Å². The molecule has 32 heavy (non-hydrogen) atoms. The Kier molecular flexibility index (Phi) is 6.90. The van der Waals surface area contributed by atoms with Crippen molar-refractivity contribution < 1.29 is 9.47 Å². The van der Waals surface area contributed by atoms with Gasteiger partial charge in [-0.05, 0) is 62.9 Å². The summed E-state index contributed by atoms with van der Waals surface area (Å²) in [6.45, 7) is 10.2. The smallest absolute Gasteiger partial charge is 0.161 e. The molecule has 0 radical (unpaired) electrons. The third kappa shape index (κ3) is 4.70. The Bertz CT molecular complexity index is 1220. The Hall–Kier alpha value is -3.12. The largest absolute Gasteiger partial charge is 0.490 e. The van der Waals surface area contributed by atoms with E-state index in [1.165, 1.54) is 27.8 Å². The number of ether oxygens (including phenoxy) is 2. The fraction of sp³-hybridized carbons (Fsp3) is 0.308. The van der Waals surface area contributed by atoms with E-state index in [0.717, 1.165) is 40.5 Å². The molecule has 5 nitrogen and oxygen atoms in total. The van der Waals surface area contributed by atoms with E-state index in [-0.39, 0.29) is 0 Å². The van der Waals surface area contributed by atoms with Gasteiger partial charge in [-0.25, -0.2) is 9.97 Å². The molecule has 0 aliphatic carbocycles. The van der Waals surface area contributed by atoms with Gasteiger partial charge in [0, 0.05) is 17.5 Å². The molecule has 166 valence electrons. The molecule has 0 amide bonds. The van der Waals surface area contributed by atoms with Crippen LogP contribution in [0.25, 0.3) is 21.3 Å². The Morgan fingerprint density at radius 1 is 0.906 bits per heavy atom. The molecule has 4 rings (SSSR count). The average Bonchev–Trinajstić information content (AvgIpc) is 3.21. The molecule has 1 N–H and O–H groups in total. The second-order valence-corrected chi connectivity index (χ2v) is 8.55. The van der Waals surface area contributed by atoms with Crippen molar-refractivity contribution in [1.29, 1.82) is 0 Å². The monoisotopic (exact) mass is 447 g/mol. The van der Waals surface area contributed by atoms with Gasteiger partial charge in [-0.3, -0.25) is 0 Å². The summed E-state index contributed by atoms with van der Waals surface area (Å²) >= 11 is 1.66. The van der Waals surface area contributed by atoms with Gasteiger partial charge in [-0.15, -0.1) is 11.3 Å². The van der Waals surface area contributed by atoms with E-state index >= 15 is 0 Å². The van der Waals surface area contributed by atoms with Crippen LogP contribution in [-0.4, -0.2) is 29.7 Å². The van der Waals surface area contributed by atoms with Crippen LogP contribution in [-0.2, 0) is 6.42 Å². The summed E-state index contributed by atoms with van der Waals surface area (Å²) in [5.74, 6) is 2.47. The van der Waals surface area contributed by atoms with E-state index in [1.807, 2.05) is 19.9 Å². The molecule has 4 aromatic rings. The number of nitrogens with zero attached hydrogens (tertiary/aromatic N) is 2. The van der Waals surface area contributed by atoms with E-state index in [1.54, 1.807) is 17.7 Å². The predicted octanol–water partition coefficient (Wildman–Crippen LogP) is 6.43. The molecular weight excluding hydrogens is 418 g/mol. The topological polar surface area (TPSA) is 56.3 Å². The summed E-state index contributed by atoms with van der Waals surface area (Å²) in [6, 6.07) is 12.7. The quantitative estimate of drug-likeness (QED) is 0.320. The highest BCUT2D eigenvalue weighted by atomic mass is 32.1. The van der Waals surface area contributed by atoms with Gasteiger partial charge in [0.25, 0.3) is 0 Å². The minimum Gasteiger partial charge on any atom is -0.490 e. The van der Waals surface area contributed by atoms with Crippen molar-refractivity contribution in [2.24, 2.45) is 0 Å². The van der Waals surface area contributed by atoms with Crippen molar-refractivity contribution in [1.82, 2.24) is 9.97 Å². The lowest BCUT2D eigenvalue weighted by Gasteiger charge is -2.13. The molecular formula is C26H29N3O2S. The standard InChI is InChI=1S/C26H29N3O2S/c1-5-30-22-10-8-19(14-23(22)31-6-2)11-12-27-25-24-21(15-32-26(24)29-16-28-25)20-9-7-17(3)13-18(20)4/h7-10,13-16H,5-6,11-12H2,1-4H3,(H,27,28,29). The summed E-state index contributed by atoms with van der Waals surface area (Å²) in [4.78, 5) is 10.1. The molecule has 0 atom stereocenters. The molecule has 0 aliphatic heterocycles. The zero-order valence-corrected chi connectivity index (χ0v) is 19.9. The van der Waals surface area contributed by atoms with E-state index in [4.69, 9.17) is 9.47 Å². The van der Waals surface area contributed by atoms with Gasteiger partial charge in [0.2, 0.25) is 0 Å². The summed E-state index contributed by atoms with van der Waals surface area (Å²) in [5.41, 5.74) is 6.13. The highest BCUT2D eigenvalue weighted by molar-refractivity contribution is 7.17. The van der Waals surface area contributed by atoms with Crippen molar-refractivity contribution in [3.05, 3.63) is 64.8 Å². The lowest BCUT2D eigenvalue weighted by atomic mass is 9.99. The number of hydrogen-bond acceptors (Lipinski definition) is 6. The van der Waals surface area contributed by atoms with Crippen LogP contribution >= 0.6 is 11.3 Å². The Morgan fingerprint density at radius 3 is 2.50 bits per heavy atom. The van der Waals surface area contributed by atoms with E-state index in [0.29, 0.717) is 13.2 Å². The summed E-state index contributed by atoms with van der Waals surface area (Å²) in [6.07, 6.45) is 2.48. The molecule has 0 saturated heterocycles. The number of rotatable bonds is 9. The lowest BCUT2D eigenvalue weighted by molar-refractivity contribution is 0.287. The van der Waals surface area contributed by atoms with Crippen LogP contribution in [0.2, 0.25) is 0 Å². The van der Waals surface area contributed by atoms with Gasteiger partial charge in [0.05, 0.1) is 18.6 Å². The second kappa shape index (κ2) is 10.0. The number of benzene rings is 2. The van der Waals surface area contributed by atoms with Crippen LogP contribution in [0.4, 0.5) is 5.82 Å². The van der Waals surface area contributed by atoms with E-state index in [2.05, 4.69) is 64.8 Å². The van der Waals surface area contributed by atoms with Gasteiger partial charge in [0.1, 0.15) is 17.0 Å². The molecule has 6 heteroatoms. The first-order chi connectivity index (χ1) is 15.6. The molecule has 0 saturated carbocycles. The highest BCUT2D eigenvalue weighted by Gasteiger charge is 2.15. The normalized spacial score (nSPS) is 11.0. The van der Waals surface area contributed by atoms with Gasteiger partial charge >= 0.3 is 0 Å². The molecule has 2 aromatic carbocycles. The summed E-state index contributed by atoms with van der Waals surface area (Å²) in [7, 11) is 0. The zero-order valence-electron chi connectivity index (χ0n) is 19.1. The average molecular weight is 448 g/mol. The molecule has 0 aliphatic rings. The van der Waals surface area contributed by atoms with E-state index in [9.17, 15) is 0 Å². The fourth-order valence-electron chi connectivity index (χ4n) is 3.90. The van der Waals surface area contributed by atoms with Gasteiger partial charge in [-0.1, -0.05) is 29.8 Å². The second-order valence-electron chi connectivity index (χ2n) is 7.69. The van der Waals surface area contributed by atoms with Gasteiger partial charge in [-0.2, -0.15) is 0 Å². The van der Waals surface area contributed by atoms with Crippen molar-refractivity contribution in [2.45, 2.75) is 34.1 Å². The van der Waals surface area contributed by atoms with Crippen molar-refractivity contribution in [3.63, 3.8) is 0 Å². The van der Waals surface area contributed by atoms with Crippen LogP contribution in [0, 0.1) is 13.8 Å². The number of aromatic nitrogens is 2. The van der Waals surface area contributed by atoms with Crippen LogP contribution in [0.3, 0.4) is 0 Å². The number of hydrogen-bond donors (Lipinski definition) is 1. The Labute approximate surface area is 193 Å². The molecule has 0 fully saturated rings. The first kappa shape index (κ1) is 22.1. The molecule has 0 bridgehead atoms. The maximum Gasteiger partial charge on any atom is 0.161 e. The minimum absolute atomic E-state index is 0.611. The third-order valence-electron chi connectivity index (χ3n) is 5.36. The molecule has 0 unspecified atom stereocenters. The molecule has 0 spiro atoms. The Morgan fingerprint density at radius 2 is 1.72 bits per heavy atom. The zero-order chi connectivity index (χ0) is 22.5. The Balaban J connectivity index is 1.55. The maximum absolute atomic E-state index is 5.76. The fourth-order valence-corrected chi connectivity index (χ4v) is 4.81. The minimum atomic E-state index is 0.611.